The van der Waals surface area contributed by atoms with Gasteiger partial charge in [0, 0.05) is 5.56 Å². The van der Waals surface area contributed by atoms with Gasteiger partial charge in [-0.1, -0.05) is 35.9 Å². The van der Waals surface area contributed by atoms with E-state index in [4.69, 9.17) is 21.1 Å². The van der Waals surface area contributed by atoms with E-state index < -0.39 is 0 Å². The van der Waals surface area contributed by atoms with Crippen molar-refractivity contribution in [2.24, 2.45) is 0 Å². The molecule has 0 saturated heterocycles. The highest BCUT2D eigenvalue weighted by Gasteiger charge is 2.07. The van der Waals surface area contributed by atoms with E-state index in [2.05, 4.69) is 0 Å². The number of ether oxygens (including phenoxy) is 2. The van der Waals surface area contributed by atoms with Crippen molar-refractivity contribution >= 4 is 11.6 Å². The highest BCUT2D eigenvalue weighted by Crippen LogP contribution is 2.29. The highest BCUT2D eigenvalue weighted by molar-refractivity contribution is 6.32. The van der Waals surface area contributed by atoms with Gasteiger partial charge in [-0.05, 0) is 23.8 Å². The molecular weight excluding hydrogens is 264 g/mol. The first-order valence-electron chi connectivity index (χ1n) is 5.88. The van der Waals surface area contributed by atoms with Crippen molar-refractivity contribution in [2.45, 2.75) is 13.2 Å². The van der Waals surface area contributed by atoms with Crippen LogP contribution >= 0.6 is 11.6 Å². The molecule has 100 valence electrons. The number of halogens is 1. The van der Waals surface area contributed by atoms with Crippen molar-refractivity contribution in [3.05, 3.63) is 58.6 Å². The molecule has 2 aromatic carbocycles. The third kappa shape index (κ3) is 3.40. The topological polar surface area (TPSA) is 38.7 Å². The molecule has 0 aliphatic heterocycles. The van der Waals surface area contributed by atoms with Crippen LogP contribution in [0, 0.1) is 0 Å². The highest BCUT2D eigenvalue weighted by atomic mass is 35.5. The fourth-order valence-corrected chi connectivity index (χ4v) is 1.97. The quantitative estimate of drug-likeness (QED) is 0.911. The van der Waals surface area contributed by atoms with Gasteiger partial charge >= 0.3 is 0 Å². The molecule has 0 atom stereocenters. The van der Waals surface area contributed by atoms with Gasteiger partial charge in [-0.3, -0.25) is 0 Å². The molecule has 3 nitrogen and oxygen atoms in total. The molecule has 0 aliphatic rings. The van der Waals surface area contributed by atoms with Crippen molar-refractivity contribution in [2.75, 3.05) is 7.11 Å². The second-order valence-corrected chi connectivity index (χ2v) is 4.43. The van der Waals surface area contributed by atoms with Crippen LogP contribution in [0.15, 0.2) is 42.5 Å². The number of benzene rings is 2. The molecule has 0 aromatic heterocycles. The second-order valence-electron chi connectivity index (χ2n) is 4.02. The summed E-state index contributed by atoms with van der Waals surface area (Å²) in [4.78, 5) is 0. The first-order valence-corrected chi connectivity index (χ1v) is 6.26. The molecule has 2 rings (SSSR count). The summed E-state index contributed by atoms with van der Waals surface area (Å²) in [6.45, 7) is 0.291. The number of methoxy groups -OCH3 is 1. The lowest BCUT2D eigenvalue weighted by molar-refractivity contribution is 0.259. The summed E-state index contributed by atoms with van der Waals surface area (Å²) >= 11 is 6.07. The third-order valence-corrected chi connectivity index (χ3v) is 3.06. The Bertz CT molecular complexity index is 538. The maximum absolute atomic E-state index is 9.25. The monoisotopic (exact) mass is 278 g/mol. The van der Waals surface area contributed by atoms with E-state index >= 15 is 0 Å². The molecule has 0 saturated carbocycles. The largest absolute Gasteiger partial charge is 0.497 e. The molecule has 0 aliphatic carbocycles. The Morgan fingerprint density at radius 2 is 1.84 bits per heavy atom. The maximum Gasteiger partial charge on any atom is 0.143 e. The molecule has 1 N–H and O–H groups in total. The van der Waals surface area contributed by atoms with Crippen LogP contribution in [-0.4, -0.2) is 12.2 Å². The minimum atomic E-state index is -0.0987. The molecule has 0 fully saturated rings. The average molecular weight is 279 g/mol. The van der Waals surface area contributed by atoms with Crippen LogP contribution in [0.2, 0.25) is 5.02 Å². The van der Waals surface area contributed by atoms with Crippen LogP contribution < -0.4 is 9.47 Å². The Labute approximate surface area is 117 Å². The van der Waals surface area contributed by atoms with Gasteiger partial charge in [0.05, 0.1) is 18.7 Å². The Hall–Kier alpha value is -1.71. The second kappa shape index (κ2) is 6.45. The lowest BCUT2D eigenvalue weighted by Gasteiger charge is -2.12. The third-order valence-electron chi connectivity index (χ3n) is 2.76. The maximum atomic E-state index is 9.25. The number of hydrogen-bond donors (Lipinski definition) is 1. The van der Waals surface area contributed by atoms with E-state index in [9.17, 15) is 5.11 Å². The standard InChI is InChI=1S/C15H15ClO3/c1-18-13-7-5-11(6-8-13)10-19-15-12(9-17)3-2-4-14(15)16/h2-8,17H,9-10H2,1H3. The van der Waals surface area contributed by atoms with Crippen LogP contribution in [-0.2, 0) is 13.2 Å². The molecule has 0 amide bonds. The fourth-order valence-electron chi connectivity index (χ4n) is 1.72. The predicted octanol–water partition coefficient (Wildman–Crippen LogP) is 3.42. The summed E-state index contributed by atoms with van der Waals surface area (Å²) in [5.41, 5.74) is 1.69. The summed E-state index contributed by atoms with van der Waals surface area (Å²) in [6, 6.07) is 12.9. The van der Waals surface area contributed by atoms with Gasteiger partial charge in [0.2, 0.25) is 0 Å². The van der Waals surface area contributed by atoms with E-state index in [0.29, 0.717) is 22.9 Å². The van der Waals surface area contributed by atoms with Crippen molar-refractivity contribution in [1.29, 1.82) is 0 Å². The lowest BCUT2D eigenvalue weighted by atomic mass is 10.2. The summed E-state index contributed by atoms with van der Waals surface area (Å²) in [6.07, 6.45) is 0. The summed E-state index contributed by atoms with van der Waals surface area (Å²) in [5, 5.41) is 9.75. The molecule has 0 bridgehead atoms. The number of aliphatic hydroxyl groups excluding tert-OH is 1. The lowest BCUT2D eigenvalue weighted by Crippen LogP contribution is -1.99. The smallest absolute Gasteiger partial charge is 0.143 e. The van der Waals surface area contributed by atoms with Gasteiger partial charge < -0.3 is 14.6 Å². The van der Waals surface area contributed by atoms with Crippen LogP contribution in [0.25, 0.3) is 0 Å². The number of rotatable bonds is 5. The van der Waals surface area contributed by atoms with E-state index in [1.54, 1.807) is 25.3 Å². The zero-order valence-corrected chi connectivity index (χ0v) is 11.4. The number of aliphatic hydroxyl groups is 1. The molecule has 4 heteroatoms. The zero-order valence-electron chi connectivity index (χ0n) is 10.6. The fraction of sp³-hybridized carbons (Fsp3) is 0.200. The van der Waals surface area contributed by atoms with Crippen molar-refractivity contribution < 1.29 is 14.6 Å². The minimum Gasteiger partial charge on any atom is -0.497 e. The Morgan fingerprint density at radius 3 is 2.47 bits per heavy atom. The SMILES string of the molecule is COc1ccc(COc2c(Cl)cccc2CO)cc1. The Balaban J connectivity index is 2.09. The molecule has 0 spiro atoms. The van der Waals surface area contributed by atoms with Crippen molar-refractivity contribution in [1.82, 2.24) is 0 Å². The summed E-state index contributed by atoms with van der Waals surface area (Å²) in [7, 11) is 1.63. The van der Waals surface area contributed by atoms with Gasteiger partial charge in [-0.15, -0.1) is 0 Å². The van der Waals surface area contributed by atoms with Crippen LogP contribution in [0.3, 0.4) is 0 Å². The normalized spacial score (nSPS) is 10.3. The average Bonchev–Trinajstić information content (AvgIpc) is 2.46. The van der Waals surface area contributed by atoms with Crippen molar-refractivity contribution in [3.63, 3.8) is 0 Å². The van der Waals surface area contributed by atoms with Gasteiger partial charge in [-0.2, -0.15) is 0 Å². The molecule has 0 unspecified atom stereocenters. The van der Waals surface area contributed by atoms with E-state index in [0.717, 1.165) is 11.3 Å². The van der Waals surface area contributed by atoms with Crippen LogP contribution in [0.4, 0.5) is 0 Å². The van der Waals surface area contributed by atoms with E-state index in [1.807, 2.05) is 24.3 Å². The molecule has 2 aromatic rings. The van der Waals surface area contributed by atoms with Crippen LogP contribution in [0.1, 0.15) is 11.1 Å². The molecule has 0 radical (unpaired) electrons. The number of para-hydroxylation sites is 1. The van der Waals surface area contributed by atoms with Gasteiger partial charge in [0.25, 0.3) is 0 Å². The van der Waals surface area contributed by atoms with Gasteiger partial charge in [-0.25, -0.2) is 0 Å². The summed E-state index contributed by atoms with van der Waals surface area (Å²) < 4.78 is 10.8. The predicted molar refractivity (Wildman–Crippen MR) is 74.7 cm³/mol. The van der Waals surface area contributed by atoms with E-state index in [-0.39, 0.29) is 6.61 Å². The first-order chi connectivity index (χ1) is 9.24. The van der Waals surface area contributed by atoms with Gasteiger partial charge in [0.15, 0.2) is 0 Å². The molecule has 0 heterocycles. The van der Waals surface area contributed by atoms with Crippen molar-refractivity contribution in [3.8, 4) is 11.5 Å². The Morgan fingerprint density at radius 1 is 1.11 bits per heavy atom. The zero-order chi connectivity index (χ0) is 13.7. The Kier molecular flexibility index (Phi) is 4.66. The summed E-state index contributed by atoms with van der Waals surface area (Å²) in [5.74, 6) is 1.33. The van der Waals surface area contributed by atoms with Gasteiger partial charge in [0.1, 0.15) is 18.1 Å². The minimum absolute atomic E-state index is 0.0987. The van der Waals surface area contributed by atoms with E-state index in [1.165, 1.54) is 0 Å². The number of hydrogen-bond acceptors (Lipinski definition) is 3. The van der Waals surface area contributed by atoms with Crippen LogP contribution in [0.5, 0.6) is 11.5 Å². The molecular formula is C15H15ClO3. The molecule has 19 heavy (non-hydrogen) atoms. The first kappa shape index (κ1) is 13.7.